The molecule has 0 aromatic rings. The van der Waals surface area contributed by atoms with Crippen LogP contribution in [-0.2, 0) is 23.9 Å². The summed E-state index contributed by atoms with van der Waals surface area (Å²) in [6.45, 7) is 7.79. The van der Waals surface area contributed by atoms with Gasteiger partial charge in [0.1, 0.15) is 6.61 Å². The van der Waals surface area contributed by atoms with Gasteiger partial charge in [0.25, 0.3) is 0 Å². The van der Waals surface area contributed by atoms with Crippen molar-refractivity contribution in [2.75, 3.05) is 19.8 Å². The number of cyclic esters (lactones) is 1. The summed E-state index contributed by atoms with van der Waals surface area (Å²) in [7, 11) is 0. The normalized spacial score (nSPS) is 16.0. The minimum absolute atomic E-state index is 0.102. The molecule has 0 aromatic heterocycles. The number of thioether (sulfide) groups is 1. The van der Waals surface area contributed by atoms with Crippen molar-refractivity contribution in [2.24, 2.45) is 5.92 Å². The first-order valence-electron chi connectivity index (χ1n) is 7.49. The number of ether oxygens (including phenoxy) is 2. The van der Waals surface area contributed by atoms with Crippen LogP contribution in [0.2, 0.25) is 0 Å². The Bertz CT molecular complexity index is 485. The number of imide groups is 1. The van der Waals surface area contributed by atoms with Crippen LogP contribution in [0.25, 0.3) is 0 Å². The van der Waals surface area contributed by atoms with Crippen LogP contribution < -0.4 is 0 Å². The largest absolute Gasteiger partial charge is 0.466 e. The molecule has 0 aliphatic carbocycles. The SMILES string of the molecule is CCOC(=O)[C@@H](CC(=O)SC(C)(C)C)CC(=O)N1CCOC1=O. The lowest BCUT2D eigenvalue weighted by molar-refractivity contribution is -0.151. The molecule has 1 aliphatic rings. The molecule has 130 valence electrons. The fraction of sp³-hybridized carbons (Fsp3) is 0.733. The van der Waals surface area contributed by atoms with Gasteiger partial charge in [-0.15, -0.1) is 0 Å². The fourth-order valence-corrected chi connectivity index (χ4v) is 2.99. The van der Waals surface area contributed by atoms with Crippen LogP contribution in [0.4, 0.5) is 4.79 Å². The predicted octanol–water partition coefficient (Wildman–Crippen LogP) is 1.98. The van der Waals surface area contributed by atoms with Crippen molar-refractivity contribution in [3.8, 4) is 0 Å². The van der Waals surface area contributed by atoms with Crippen molar-refractivity contribution in [1.82, 2.24) is 4.90 Å². The van der Waals surface area contributed by atoms with Gasteiger partial charge in [-0.25, -0.2) is 9.69 Å². The Labute approximate surface area is 140 Å². The van der Waals surface area contributed by atoms with Crippen LogP contribution in [0, 0.1) is 5.92 Å². The molecule has 1 heterocycles. The van der Waals surface area contributed by atoms with Gasteiger partial charge >= 0.3 is 12.1 Å². The maximum Gasteiger partial charge on any atom is 0.416 e. The Morgan fingerprint density at radius 2 is 1.96 bits per heavy atom. The van der Waals surface area contributed by atoms with E-state index in [4.69, 9.17) is 9.47 Å². The van der Waals surface area contributed by atoms with E-state index in [0.717, 1.165) is 16.7 Å². The summed E-state index contributed by atoms with van der Waals surface area (Å²) < 4.78 is 9.36. The van der Waals surface area contributed by atoms with Crippen LogP contribution >= 0.6 is 11.8 Å². The average molecular weight is 345 g/mol. The van der Waals surface area contributed by atoms with Gasteiger partial charge in [-0.1, -0.05) is 32.5 Å². The number of amides is 2. The molecule has 2 amide bonds. The molecule has 0 radical (unpaired) electrons. The second-order valence-corrected chi connectivity index (χ2v) is 7.99. The Hall–Kier alpha value is -1.57. The summed E-state index contributed by atoms with van der Waals surface area (Å²) in [5, 5.41) is -0.188. The maximum absolute atomic E-state index is 12.1. The molecule has 0 spiro atoms. The number of hydrogen-bond donors (Lipinski definition) is 0. The summed E-state index contributed by atoms with van der Waals surface area (Å²) in [4.78, 5) is 48.6. The molecular weight excluding hydrogens is 322 g/mol. The van der Waals surface area contributed by atoms with Crippen molar-refractivity contribution in [2.45, 2.75) is 45.3 Å². The highest BCUT2D eigenvalue weighted by Gasteiger charge is 2.34. The van der Waals surface area contributed by atoms with Gasteiger partial charge in [0.05, 0.1) is 19.1 Å². The van der Waals surface area contributed by atoms with Gasteiger partial charge in [-0.05, 0) is 6.92 Å². The third kappa shape index (κ3) is 6.60. The molecule has 0 unspecified atom stereocenters. The number of esters is 1. The Morgan fingerprint density at radius 1 is 1.30 bits per heavy atom. The quantitative estimate of drug-likeness (QED) is 0.680. The number of carbonyl (C=O) groups is 4. The van der Waals surface area contributed by atoms with Crippen LogP contribution in [0.3, 0.4) is 0 Å². The maximum atomic E-state index is 12.1. The predicted molar refractivity (Wildman–Crippen MR) is 84.8 cm³/mol. The van der Waals surface area contributed by atoms with E-state index in [2.05, 4.69) is 0 Å². The summed E-state index contributed by atoms with van der Waals surface area (Å²) in [5.41, 5.74) is 0. The van der Waals surface area contributed by atoms with Crippen molar-refractivity contribution >= 4 is 34.8 Å². The topological polar surface area (TPSA) is 90.0 Å². The number of nitrogens with zero attached hydrogens (tertiary/aromatic N) is 1. The summed E-state index contributed by atoms with van der Waals surface area (Å²) >= 11 is 1.12. The molecule has 8 heteroatoms. The highest BCUT2D eigenvalue weighted by atomic mass is 32.2. The Kier molecular flexibility index (Phi) is 7.05. The number of rotatable bonds is 6. The zero-order chi connectivity index (χ0) is 17.6. The average Bonchev–Trinajstić information content (AvgIpc) is 2.82. The lowest BCUT2D eigenvalue weighted by atomic mass is 10.0. The van der Waals surface area contributed by atoms with E-state index in [0.29, 0.717) is 0 Å². The summed E-state index contributed by atoms with van der Waals surface area (Å²) in [6.07, 6.45) is -1.06. The monoisotopic (exact) mass is 345 g/mol. The molecule has 1 rings (SSSR count). The highest BCUT2D eigenvalue weighted by molar-refractivity contribution is 8.14. The Balaban J connectivity index is 2.72. The first-order valence-corrected chi connectivity index (χ1v) is 8.31. The molecule has 1 aliphatic heterocycles. The van der Waals surface area contributed by atoms with Gasteiger partial charge in [-0.3, -0.25) is 14.4 Å². The molecule has 1 atom stereocenters. The van der Waals surface area contributed by atoms with Gasteiger partial charge in [0, 0.05) is 17.6 Å². The zero-order valence-electron chi connectivity index (χ0n) is 13.9. The van der Waals surface area contributed by atoms with Crippen LogP contribution in [-0.4, -0.2) is 52.5 Å². The van der Waals surface area contributed by atoms with Gasteiger partial charge in [0.15, 0.2) is 5.12 Å². The molecule has 0 aromatic carbocycles. The molecule has 1 saturated heterocycles. The van der Waals surface area contributed by atoms with Gasteiger partial charge < -0.3 is 9.47 Å². The van der Waals surface area contributed by atoms with Crippen molar-refractivity contribution in [3.63, 3.8) is 0 Å². The molecule has 7 nitrogen and oxygen atoms in total. The second kappa shape index (κ2) is 8.33. The van der Waals surface area contributed by atoms with Crippen molar-refractivity contribution in [3.05, 3.63) is 0 Å². The first-order chi connectivity index (χ1) is 10.6. The smallest absolute Gasteiger partial charge is 0.416 e. The molecular formula is C15H23NO6S. The van der Waals surface area contributed by atoms with E-state index in [1.54, 1.807) is 6.92 Å². The first kappa shape index (κ1) is 19.5. The fourth-order valence-electron chi connectivity index (χ4n) is 2.02. The molecule has 0 bridgehead atoms. The lowest BCUT2D eigenvalue weighted by Crippen LogP contribution is -2.35. The number of carbonyl (C=O) groups excluding carboxylic acids is 4. The van der Waals surface area contributed by atoms with Gasteiger partial charge in [0.2, 0.25) is 5.91 Å². The van der Waals surface area contributed by atoms with Crippen LogP contribution in [0.1, 0.15) is 40.5 Å². The van der Waals surface area contributed by atoms with E-state index in [9.17, 15) is 19.2 Å². The standard InChI is InChI=1S/C15H23NO6S/c1-5-21-13(19)10(9-12(18)23-15(2,3)4)8-11(17)16-6-7-22-14(16)20/h10H,5-9H2,1-4H3/t10-/m1/s1. The molecule has 1 fully saturated rings. The number of hydrogen-bond acceptors (Lipinski definition) is 7. The molecule has 0 N–H and O–H groups in total. The summed E-state index contributed by atoms with van der Waals surface area (Å²) in [5.74, 6) is -2.02. The van der Waals surface area contributed by atoms with E-state index >= 15 is 0 Å². The van der Waals surface area contributed by atoms with E-state index < -0.39 is 23.9 Å². The molecule has 0 saturated carbocycles. The van der Waals surface area contributed by atoms with E-state index in [1.165, 1.54) is 0 Å². The minimum Gasteiger partial charge on any atom is -0.466 e. The molecule has 23 heavy (non-hydrogen) atoms. The zero-order valence-corrected chi connectivity index (χ0v) is 14.7. The van der Waals surface area contributed by atoms with E-state index in [-0.39, 0.29) is 42.5 Å². The van der Waals surface area contributed by atoms with Crippen LogP contribution in [0.5, 0.6) is 0 Å². The van der Waals surface area contributed by atoms with Crippen molar-refractivity contribution in [1.29, 1.82) is 0 Å². The minimum atomic E-state index is -0.891. The third-order valence-corrected chi connectivity index (χ3v) is 3.94. The second-order valence-electron chi connectivity index (χ2n) is 6.10. The Morgan fingerprint density at radius 3 is 2.43 bits per heavy atom. The van der Waals surface area contributed by atoms with E-state index in [1.807, 2.05) is 20.8 Å². The van der Waals surface area contributed by atoms with Crippen LogP contribution in [0.15, 0.2) is 0 Å². The third-order valence-electron chi connectivity index (χ3n) is 2.94. The highest BCUT2D eigenvalue weighted by Crippen LogP contribution is 2.28. The van der Waals surface area contributed by atoms with Gasteiger partial charge in [-0.2, -0.15) is 0 Å². The van der Waals surface area contributed by atoms with Crippen molar-refractivity contribution < 1.29 is 28.7 Å². The lowest BCUT2D eigenvalue weighted by Gasteiger charge is -2.20. The summed E-state index contributed by atoms with van der Waals surface area (Å²) in [6, 6.07) is 0.